The lowest BCUT2D eigenvalue weighted by atomic mass is 10.1. The fourth-order valence-electron chi connectivity index (χ4n) is 4.15. The lowest BCUT2D eigenvalue weighted by Gasteiger charge is -2.19. The summed E-state index contributed by atoms with van der Waals surface area (Å²) in [6.45, 7) is 2.05. The number of para-hydroxylation sites is 1. The summed E-state index contributed by atoms with van der Waals surface area (Å²) in [5, 5.41) is 10.8. The van der Waals surface area contributed by atoms with Gasteiger partial charge in [-0.05, 0) is 42.3 Å². The number of rotatable bonds is 9. The van der Waals surface area contributed by atoms with Crippen molar-refractivity contribution in [2.75, 3.05) is 14.2 Å². The van der Waals surface area contributed by atoms with Crippen LogP contribution in [0.5, 0.6) is 17.4 Å². The average molecular weight is 488 g/mol. The Morgan fingerprint density at radius 2 is 1.61 bits per heavy atom. The van der Waals surface area contributed by atoms with Crippen molar-refractivity contribution in [3.05, 3.63) is 105 Å². The van der Waals surface area contributed by atoms with Gasteiger partial charge in [-0.25, -0.2) is 0 Å². The zero-order valence-corrected chi connectivity index (χ0v) is 20.6. The van der Waals surface area contributed by atoms with Crippen molar-refractivity contribution in [3.8, 4) is 28.8 Å². The molecule has 0 amide bonds. The van der Waals surface area contributed by atoms with Gasteiger partial charge < -0.3 is 14.6 Å². The van der Waals surface area contributed by atoms with E-state index in [9.17, 15) is 14.7 Å². The number of hydrogen-bond donors (Lipinski definition) is 1. The quantitative estimate of drug-likeness (QED) is 0.383. The van der Waals surface area contributed by atoms with Crippen LogP contribution in [0.25, 0.3) is 11.4 Å². The largest absolute Gasteiger partial charge is 0.494 e. The molecule has 1 N–H and O–H groups in total. The highest BCUT2D eigenvalue weighted by molar-refractivity contribution is 5.58. The minimum absolute atomic E-state index is 0.136. The molecule has 186 valence electrons. The number of methoxy groups -OCH3 is 2. The van der Waals surface area contributed by atoms with E-state index in [0.717, 1.165) is 18.4 Å². The molecule has 0 aliphatic carbocycles. The lowest BCUT2D eigenvalue weighted by Crippen LogP contribution is -2.28. The molecule has 2 heterocycles. The van der Waals surface area contributed by atoms with E-state index in [0.29, 0.717) is 35.1 Å². The highest BCUT2D eigenvalue weighted by atomic mass is 16.5. The van der Waals surface area contributed by atoms with E-state index in [1.807, 2.05) is 19.1 Å². The lowest BCUT2D eigenvalue weighted by molar-refractivity contribution is 0.387. The number of aromatic hydroxyl groups is 1. The fourth-order valence-corrected chi connectivity index (χ4v) is 4.15. The summed E-state index contributed by atoms with van der Waals surface area (Å²) in [6.07, 6.45) is 4.05. The monoisotopic (exact) mass is 487 g/mol. The van der Waals surface area contributed by atoms with Crippen molar-refractivity contribution >= 4 is 0 Å². The van der Waals surface area contributed by atoms with Gasteiger partial charge in [0.1, 0.15) is 23.0 Å². The molecule has 0 aliphatic rings. The maximum absolute atomic E-state index is 13.9. The number of ether oxygens (including phenoxy) is 2. The Kier molecular flexibility index (Phi) is 7.53. The Hall–Kier alpha value is -4.33. The van der Waals surface area contributed by atoms with Gasteiger partial charge in [-0.15, -0.1) is 0 Å². The molecule has 0 unspecified atom stereocenters. The van der Waals surface area contributed by atoms with Gasteiger partial charge in [-0.1, -0.05) is 37.6 Å². The first-order valence-corrected chi connectivity index (χ1v) is 11.8. The molecular formula is C28H29N3O5. The second-order valence-corrected chi connectivity index (χ2v) is 8.34. The van der Waals surface area contributed by atoms with Crippen LogP contribution in [0.2, 0.25) is 0 Å². The Morgan fingerprint density at radius 1 is 0.917 bits per heavy atom. The van der Waals surface area contributed by atoms with Gasteiger partial charge in [0.15, 0.2) is 0 Å². The van der Waals surface area contributed by atoms with Crippen LogP contribution in [0, 0.1) is 0 Å². The molecule has 2 aromatic heterocycles. The highest BCUT2D eigenvalue weighted by Gasteiger charge is 2.22. The van der Waals surface area contributed by atoms with Crippen LogP contribution in [0.15, 0.2) is 76.4 Å². The minimum atomic E-state index is -0.389. The first-order valence-electron chi connectivity index (χ1n) is 11.8. The summed E-state index contributed by atoms with van der Waals surface area (Å²) in [5.74, 6) is 1.07. The number of unbranched alkanes of at least 4 members (excludes halogenated alkanes) is 1. The average Bonchev–Trinajstić information content (AvgIpc) is 2.90. The molecule has 0 aliphatic heterocycles. The molecule has 0 saturated carbocycles. The van der Waals surface area contributed by atoms with Crippen LogP contribution in [0.1, 0.15) is 36.7 Å². The first-order chi connectivity index (χ1) is 17.5. The van der Waals surface area contributed by atoms with Crippen LogP contribution < -0.4 is 20.6 Å². The van der Waals surface area contributed by atoms with Gasteiger partial charge >= 0.3 is 0 Å². The number of aryl methyl sites for hydroxylation is 1. The molecule has 0 atom stereocenters. The molecule has 0 fully saturated rings. The number of pyridine rings is 1. The molecule has 0 radical (unpaired) electrons. The second kappa shape index (κ2) is 10.9. The molecule has 36 heavy (non-hydrogen) atoms. The van der Waals surface area contributed by atoms with Crippen molar-refractivity contribution in [2.24, 2.45) is 0 Å². The number of benzene rings is 2. The number of aromatic nitrogens is 3. The Bertz CT molecular complexity index is 1450. The van der Waals surface area contributed by atoms with Gasteiger partial charge in [0.2, 0.25) is 5.88 Å². The van der Waals surface area contributed by atoms with E-state index in [-0.39, 0.29) is 29.0 Å². The third kappa shape index (κ3) is 4.88. The normalized spacial score (nSPS) is 10.9. The van der Waals surface area contributed by atoms with Crippen LogP contribution in [-0.4, -0.2) is 33.4 Å². The van der Waals surface area contributed by atoms with Gasteiger partial charge in [0.05, 0.1) is 19.8 Å². The summed E-state index contributed by atoms with van der Waals surface area (Å²) >= 11 is 0. The molecule has 0 spiro atoms. The maximum atomic E-state index is 13.9. The van der Waals surface area contributed by atoms with Crippen molar-refractivity contribution in [1.29, 1.82) is 0 Å². The topological polar surface area (TPSA) is 95.6 Å². The second-order valence-electron chi connectivity index (χ2n) is 8.34. The fraction of sp³-hybridized carbons (Fsp3) is 0.250. The third-order valence-corrected chi connectivity index (χ3v) is 6.02. The maximum Gasteiger partial charge on any atom is 0.265 e. The Morgan fingerprint density at radius 3 is 2.22 bits per heavy atom. The predicted octanol–water partition coefficient (Wildman–Crippen LogP) is 4.04. The van der Waals surface area contributed by atoms with Crippen molar-refractivity contribution in [1.82, 2.24) is 14.1 Å². The van der Waals surface area contributed by atoms with E-state index in [2.05, 4.69) is 4.98 Å². The van der Waals surface area contributed by atoms with Crippen LogP contribution in [-0.2, 0) is 12.8 Å². The zero-order valence-electron chi connectivity index (χ0n) is 20.6. The van der Waals surface area contributed by atoms with E-state index in [1.54, 1.807) is 48.7 Å². The molecule has 0 bridgehead atoms. The third-order valence-electron chi connectivity index (χ3n) is 6.02. The van der Waals surface area contributed by atoms with E-state index < -0.39 is 0 Å². The summed E-state index contributed by atoms with van der Waals surface area (Å²) < 4.78 is 14.1. The van der Waals surface area contributed by atoms with Crippen molar-refractivity contribution in [3.63, 3.8) is 0 Å². The molecule has 8 nitrogen and oxygen atoms in total. The van der Waals surface area contributed by atoms with E-state index >= 15 is 0 Å². The van der Waals surface area contributed by atoms with Gasteiger partial charge in [-0.3, -0.25) is 18.7 Å². The molecule has 0 saturated heterocycles. The van der Waals surface area contributed by atoms with Crippen LogP contribution >= 0.6 is 0 Å². The van der Waals surface area contributed by atoms with Crippen molar-refractivity contribution in [2.45, 2.75) is 32.6 Å². The molecule has 8 heteroatoms. The Balaban J connectivity index is 1.81. The zero-order chi connectivity index (χ0) is 25.7. The van der Waals surface area contributed by atoms with Gasteiger partial charge in [0, 0.05) is 30.8 Å². The van der Waals surface area contributed by atoms with Crippen molar-refractivity contribution < 1.29 is 14.6 Å². The van der Waals surface area contributed by atoms with E-state index in [4.69, 9.17) is 9.47 Å². The van der Waals surface area contributed by atoms with Gasteiger partial charge in [0.25, 0.3) is 11.1 Å². The smallest absolute Gasteiger partial charge is 0.265 e. The number of nitrogens with zero attached hydrogens (tertiary/aromatic N) is 3. The SMILES string of the molecule is CCCCc1nc(O)c(Cc2ccc(-n3ccccc3=O)cc2)c(=O)n1-c1c(OC)cccc1OC. The molecular weight excluding hydrogens is 458 g/mol. The molecule has 4 rings (SSSR count). The first kappa shape index (κ1) is 24.8. The highest BCUT2D eigenvalue weighted by Crippen LogP contribution is 2.33. The Labute approximate surface area is 209 Å². The number of hydrogen-bond acceptors (Lipinski definition) is 6. The summed E-state index contributed by atoms with van der Waals surface area (Å²) in [4.78, 5) is 30.4. The molecule has 2 aromatic carbocycles. The van der Waals surface area contributed by atoms with Crippen LogP contribution in [0.3, 0.4) is 0 Å². The van der Waals surface area contributed by atoms with Gasteiger partial charge in [-0.2, -0.15) is 4.98 Å². The van der Waals surface area contributed by atoms with Crippen LogP contribution in [0.4, 0.5) is 0 Å². The summed E-state index contributed by atoms with van der Waals surface area (Å²) in [6, 6.07) is 17.5. The molecule has 4 aromatic rings. The predicted molar refractivity (Wildman–Crippen MR) is 138 cm³/mol. The van der Waals surface area contributed by atoms with E-state index in [1.165, 1.54) is 29.4 Å². The minimum Gasteiger partial charge on any atom is -0.494 e. The summed E-state index contributed by atoms with van der Waals surface area (Å²) in [5.41, 5.74) is 1.58. The standard InChI is InChI=1S/C28H29N3O5/c1-4-5-11-24-29-27(33)21(28(34)31(24)26-22(35-2)9-8-10-23(26)36-3)18-19-13-15-20(16-14-19)30-17-7-6-12-25(30)32/h6-10,12-17,33H,4-5,11,18H2,1-3H3. The summed E-state index contributed by atoms with van der Waals surface area (Å²) in [7, 11) is 3.06.